The molecule has 0 spiro atoms. The van der Waals surface area contributed by atoms with Crippen LogP contribution in [0.15, 0.2) is 81.7 Å². The fourth-order valence-corrected chi connectivity index (χ4v) is 4.96. The maximum Gasteiger partial charge on any atom is 0.338 e. The first-order valence-electron chi connectivity index (χ1n) is 12.1. The summed E-state index contributed by atoms with van der Waals surface area (Å²) < 4.78 is 13.4. The Morgan fingerprint density at radius 3 is 2.53 bits per heavy atom. The van der Waals surface area contributed by atoms with Gasteiger partial charge in [-0.05, 0) is 56.5 Å². The third-order valence-electron chi connectivity index (χ3n) is 5.59. The standard InChI is InChI=1S/C29H30N2O4S/c1-5-18-34-23-16-14-22(15-17-23)26-25(28(33)35-19(2)3)20(4)30-29-31(26)27(32)24(36-29)13-9-12-21-10-7-6-8-11-21/h6-17,19,26H,5,18H2,1-4H3. The molecule has 4 rings (SSSR count). The number of ether oxygens (including phenoxy) is 2. The minimum atomic E-state index is -0.645. The van der Waals surface area contributed by atoms with E-state index in [4.69, 9.17) is 9.47 Å². The van der Waals surface area contributed by atoms with Crippen molar-refractivity contribution in [2.75, 3.05) is 6.61 Å². The molecule has 0 N–H and O–H groups in total. The molecule has 1 aromatic heterocycles. The minimum absolute atomic E-state index is 0.199. The molecule has 6 nitrogen and oxygen atoms in total. The SMILES string of the molecule is CCCOc1ccc(C2C(C(=O)OC(C)C)=C(C)N=c3sc(=CC=Cc4ccccc4)c(=O)n32)cc1. The Balaban J connectivity index is 1.81. The van der Waals surface area contributed by atoms with Gasteiger partial charge in [-0.1, -0.05) is 72.9 Å². The third kappa shape index (κ3) is 5.57. The smallest absolute Gasteiger partial charge is 0.338 e. The number of allylic oxidation sites excluding steroid dienone is 2. The van der Waals surface area contributed by atoms with Crippen molar-refractivity contribution < 1.29 is 14.3 Å². The van der Waals surface area contributed by atoms with Crippen molar-refractivity contribution in [3.8, 4) is 5.75 Å². The largest absolute Gasteiger partial charge is 0.494 e. The molecule has 1 aliphatic heterocycles. The highest BCUT2D eigenvalue weighted by Crippen LogP contribution is 2.32. The molecule has 0 radical (unpaired) electrons. The lowest BCUT2D eigenvalue weighted by Gasteiger charge is -2.25. The predicted molar refractivity (Wildman–Crippen MR) is 144 cm³/mol. The number of esters is 1. The van der Waals surface area contributed by atoms with Crippen molar-refractivity contribution in [2.45, 2.75) is 46.3 Å². The summed E-state index contributed by atoms with van der Waals surface area (Å²) in [5.41, 5.74) is 2.54. The number of benzene rings is 2. The number of rotatable bonds is 8. The third-order valence-corrected chi connectivity index (χ3v) is 6.59. The average Bonchev–Trinajstić information content (AvgIpc) is 3.17. The van der Waals surface area contributed by atoms with Gasteiger partial charge in [0.1, 0.15) is 5.75 Å². The van der Waals surface area contributed by atoms with Crippen molar-refractivity contribution >= 4 is 29.5 Å². The van der Waals surface area contributed by atoms with Gasteiger partial charge in [0.15, 0.2) is 4.80 Å². The van der Waals surface area contributed by atoms with Gasteiger partial charge < -0.3 is 9.47 Å². The van der Waals surface area contributed by atoms with Gasteiger partial charge in [-0.15, -0.1) is 0 Å². The number of carbonyl (C=O) groups is 1. The van der Waals surface area contributed by atoms with Gasteiger partial charge in [0, 0.05) is 0 Å². The molecule has 3 aromatic rings. The summed E-state index contributed by atoms with van der Waals surface area (Å²) in [5.74, 6) is 0.270. The average molecular weight is 503 g/mol. The van der Waals surface area contributed by atoms with E-state index >= 15 is 0 Å². The molecule has 2 heterocycles. The summed E-state index contributed by atoms with van der Waals surface area (Å²) in [4.78, 5) is 31.9. The zero-order valence-electron chi connectivity index (χ0n) is 20.9. The van der Waals surface area contributed by atoms with Gasteiger partial charge in [-0.2, -0.15) is 0 Å². The Labute approximate surface area is 214 Å². The Morgan fingerprint density at radius 2 is 1.86 bits per heavy atom. The number of hydrogen-bond donors (Lipinski definition) is 0. The zero-order valence-corrected chi connectivity index (χ0v) is 21.7. The molecule has 0 bridgehead atoms. The van der Waals surface area contributed by atoms with Crippen LogP contribution < -0.4 is 19.6 Å². The van der Waals surface area contributed by atoms with Crippen LogP contribution in [0.5, 0.6) is 5.75 Å². The normalized spacial score (nSPS) is 15.8. The van der Waals surface area contributed by atoms with E-state index in [1.807, 2.05) is 73.7 Å². The Morgan fingerprint density at radius 1 is 1.14 bits per heavy atom. The molecule has 0 amide bonds. The number of nitrogens with zero attached hydrogens (tertiary/aromatic N) is 2. The summed E-state index contributed by atoms with van der Waals surface area (Å²) in [5, 5.41) is 0. The molecule has 1 atom stereocenters. The van der Waals surface area contributed by atoms with Crippen LogP contribution in [0.3, 0.4) is 0 Å². The molecular weight excluding hydrogens is 472 g/mol. The van der Waals surface area contributed by atoms with Crippen LogP contribution in [-0.4, -0.2) is 23.2 Å². The molecule has 0 fully saturated rings. The minimum Gasteiger partial charge on any atom is -0.494 e. The number of thiazole rings is 1. The molecular formula is C29H30N2O4S. The Hall–Kier alpha value is -3.71. The first-order chi connectivity index (χ1) is 17.4. The van der Waals surface area contributed by atoms with Gasteiger partial charge in [0.2, 0.25) is 0 Å². The van der Waals surface area contributed by atoms with Crippen LogP contribution >= 0.6 is 11.3 Å². The Kier molecular flexibility index (Phi) is 8.00. The lowest BCUT2D eigenvalue weighted by molar-refractivity contribution is -0.143. The first kappa shape index (κ1) is 25.4. The lowest BCUT2D eigenvalue weighted by Crippen LogP contribution is -2.40. The van der Waals surface area contributed by atoms with Crippen LogP contribution in [0.4, 0.5) is 0 Å². The molecule has 0 saturated carbocycles. The lowest BCUT2D eigenvalue weighted by atomic mass is 9.96. The van der Waals surface area contributed by atoms with E-state index in [0.29, 0.717) is 27.2 Å². The van der Waals surface area contributed by atoms with Crippen LogP contribution in [0, 0.1) is 0 Å². The van der Waals surface area contributed by atoms with Gasteiger partial charge in [0.05, 0.1) is 34.6 Å². The number of fused-ring (bicyclic) bond motifs is 1. The van der Waals surface area contributed by atoms with Crippen LogP contribution in [0.1, 0.15) is 51.3 Å². The maximum absolute atomic E-state index is 13.6. The van der Waals surface area contributed by atoms with Crippen molar-refractivity contribution in [3.05, 3.63) is 103 Å². The van der Waals surface area contributed by atoms with Crippen molar-refractivity contribution in [3.63, 3.8) is 0 Å². The summed E-state index contributed by atoms with van der Waals surface area (Å²) >= 11 is 1.31. The van der Waals surface area contributed by atoms with E-state index in [1.165, 1.54) is 11.3 Å². The quantitative estimate of drug-likeness (QED) is 0.421. The van der Waals surface area contributed by atoms with Gasteiger partial charge in [-0.3, -0.25) is 9.36 Å². The van der Waals surface area contributed by atoms with E-state index in [0.717, 1.165) is 23.3 Å². The van der Waals surface area contributed by atoms with E-state index < -0.39 is 12.0 Å². The predicted octanol–water partition coefficient (Wildman–Crippen LogP) is 4.64. The highest BCUT2D eigenvalue weighted by molar-refractivity contribution is 7.07. The number of aromatic nitrogens is 1. The molecule has 0 saturated heterocycles. The summed E-state index contributed by atoms with van der Waals surface area (Å²) in [6.45, 7) is 8.06. The summed E-state index contributed by atoms with van der Waals surface area (Å²) in [7, 11) is 0. The second kappa shape index (κ2) is 11.4. The zero-order chi connectivity index (χ0) is 25.7. The van der Waals surface area contributed by atoms with Gasteiger partial charge in [-0.25, -0.2) is 9.79 Å². The van der Waals surface area contributed by atoms with Gasteiger partial charge >= 0.3 is 5.97 Å². The van der Waals surface area contributed by atoms with Crippen molar-refractivity contribution in [1.29, 1.82) is 0 Å². The van der Waals surface area contributed by atoms with E-state index in [-0.39, 0.29) is 11.7 Å². The second-order valence-electron chi connectivity index (χ2n) is 8.75. The molecule has 186 valence electrons. The second-order valence-corrected chi connectivity index (χ2v) is 9.75. The highest BCUT2D eigenvalue weighted by atomic mass is 32.1. The van der Waals surface area contributed by atoms with Gasteiger partial charge in [0.25, 0.3) is 5.56 Å². The van der Waals surface area contributed by atoms with Crippen molar-refractivity contribution in [2.24, 2.45) is 4.99 Å². The topological polar surface area (TPSA) is 69.9 Å². The van der Waals surface area contributed by atoms with E-state index in [1.54, 1.807) is 31.4 Å². The van der Waals surface area contributed by atoms with E-state index in [2.05, 4.69) is 4.99 Å². The van der Waals surface area contributed by atoms with E-state index in [9.17, 15) is 9.59 Å². The molecule has 7 heteroatoms. The fraction of sp³-hybridized carbons (Fsp3) is 0.276. The Bertz CT molecular complexity index is 1460. The van der Waals surface area contributed by atoms with Crippen molar-refractivity contribution in [1.82, 2.24) is 4.57 Å². The summed E-state index contributed by atoms with van der Waals surface area (Å²) in [6, 6.07) is 16.8. The summed E-state index contributed by atoms with van der Waals surface area (Å²) in [6.07, 6.45) is 6.21. The molecule has 1 unspecified atom stereocenters. The molecule has 1 aliphatic rings. The van der Waals surface area contributed by atoms with Crippen LogP contribution in [0.2, 0.25) is 0 Å². The number of carbonyl (C=O) groups excluding carboxylic acids is 1. The molecule has 36 heavy (non-hydrogen) atoms. The highest BCUT2D eigenvalue weighted by Gasteiger charge is 2.33. The number of hydrogen-bond acceptors (Lipinski definition) is 6. The molecule has 0 aliphatic carbocycles. The van der Waals surface area contributed by atoms with Crippen LogP contribution in [-0.2, 0) is 9.53 Å². The van der Waals surface area contributed by atoms with Crippen LogP contribution in [0.25, 0.3) is 12.2 Å². The monoisotopic (exact) mass is 502 g/mol. The first-order valence-corrected chi connectivity index (χ1v) is 12.9. The fourth-order valence-electron chi connectivity index (χ4n) is 3.97. The maximum atomic E-state index is 13.6. The molecule has 2 aromatic carbocycles.